The molecule has 0 aliphatic rings. The number of aromatic nitrogens is 4. The average Bonchev–Trinajstić information content (AvgIpc) is 2.64. The maximum absolute atomic E-state index is 4.15. The smallest absolute Gasteiger partial charge is 0.140 e. The Balaban J connectivity index is 2.55. The number of hydrogen-bond acceptors (Lipinski definition) is 2. The molecule has 0 aliphatic carbocycles. The zero-order valence-electron chi connectivity index (χ0n) is 7.07. The molecule has 12 heavy (non-hydrogen) atoms. The summed E-state index contributed by atoms with van der Waals surface area (Å²) in [7, 11) is 1.92. The third kappa shape index (κ3) is 0.922. The first-order chi connectivity index (χ1) is 5.79. The minimum Gasteiger partial charge on any atom is -0.345 e. The van der Waals surface area contributed by atoms with E-state index in [0.717, 1.165) is 17.1 Å². The van der Waals surface area contributed by atoms with E-state index >= 15 is 0 Å². The van der Waals surface area contributed by atoms with Crippen LogP contribution in [0.1, 0.15) is 5.69 Å². The molecule has 62 valence electrons. The fraction of sp³-hybridized carbons (Fsp3) is 0.250. The third-order valence-corrected chi connectivity index (χ3v) is 1.99. The van der Waals surface area contributed by atoms with Crippen molar-refractivity contribution in [1.82, 2.24) is 19.7 Å². The van der Waals surface area contributed by atoms with E-state index in [0.29, 0.717) is 0 Å². The molecule has 0 amide bonds. The molecule has 0 spiro atoms. The van der Waals surface area contributed by atoms with Gasteiger partial charge < -0.3 is 4.98 Å². The van der Waals surface area contributed by atoms with Gasteiger partial charge in [-0.2, -0.15) is 5.10 Å². The predicted octanol–water partition coefficient (Wildman–Crippen LogP) is 1.12. The molecule has 0 bridgehead atoms. The van der Waals surface area contributed by atoms with Crippen LogP contribution in [0.5, 0.6) is 0 Å². The maximum Gasteiger partial charge on any atom is 0.140 e. The van der Waals surface area contributed by atoms with Gasteiger partial charge in [0.1, 0.15) is 5.82 Å². The van der Waals surface area contributed by atoms with Crippen molar-refractivity contribution in [3.05, 3.63) is 24.3 Å². The van der Waals surface area contributed by atoms with Crippen LogP contribution in [-0.4, -0.2) is 19.7 Å². The first-order valence-corrected chi connectivity index (χ1v) is 3.77. The molecule has 2 aromatic rings. The Morgan fingerprint density at radius 2 is 2.33 bits per heavy atom. The van der Waals surface area contributed by atoms with E-state index in [1.165, 1.54) is 0 Å². The molecule has 0 saturated carbocycles. The van der Waals surface area contributed by atoms with Crippen LogP contribution < -0.4 is 0 Å². The second kappa shape index (κ2) is 2.48. The Hall–Kier alpha value is -1.58. The molecule has 0 aromatic carbocycles. The SMILES string of the molecule is Cc1c(-c2ncc[nH]2)cnn1C. The number of hydrogen-bond donors (Lipinski definition) is 1. The van der Waals surface area contributed by atoms with Gasteiger partial charge in [0.2, 0.25) is 0 Å². The normalized spacial score (nSPS) is 10.5. The molecule has 2 rings (SSSR count). The molecule has 0 radical (unpaired) electrons. The lowest BCUT2D eigenvalue weighted by atomic mass is 10.2. The Morgan fingerprint density at radius 3 is 2.83 bits per heavy atom. The Kier molecular flexibility index (Phi) is 1.46. The van der Waals surface area contributed by atoms with Crippen molar-refractivity contribution in [2.45, 2.75) is 6.92 Å². The first-order valence-electron chi connectivity index (χ1n) is 3.77. The number of imidazole rings is 1. The van der Waals surface area contributed by atoms with Crippen molar-refractivity contribution >= 4 is 0 Å². The van der Waals surface area contributed by atoms with E-state index in [1.54, 1.807) is 6.20 Å². The van der Waals surface area contributed by atoms with E-state index in [9.17, 15) is 0 Å². The van der Waals surface area contributed by atoms with Crippen molar-refractivity contribution in [2.24, 2.45) is 7.05 Å². The molecule has 0 aliphatic heterocycles. The first kappa shape index (κ1) is 7.09. The van der Waals surface area contributed by atoms with Gasteiger partial charge in [0.05, 0.1) is 11.8 Å². The van der Waals surface area contributed by atoms with Gasteiger partial charge in [0.15, 0.2) is 0 Å². The number of nitrogens with one attached hydrogen (secondary N) is 1. The zero-order valence-corrected chi connectivity index (χ0v) is 7.07. The highest BCUT2D eigenvalue weighted by Crippen LogP contribution is 2.17. The molecule has 2 heterocycles. The van der Waals surface area contributed by atoms with Gasteiger partial charge in [0.25, 0.3) is 0 Å². The monoisotopic (exact) mass is 162 g/mol. The van der Waals surface area contributed by atoms with Gasteiger partial charge in [-0.05, 0) is 6.92 Å². The lowest BCUT2D eigenvalue weighted by Gasteiger charge is -1.95. The Morgan fingerprint density at radius 1 is 1.50 bits per heavy atom. The summed E-state index contributed by atoms with van der Waals surface area (Å²) in [5.74, 6) is 0.876. The van der Waals surface area contributed by atoms with Gasteiger partial charge in [-0.3, -0.25) is 4.68 Å². The summed E-state index contributed by atoms with van der Waals surface area (Å²) < 4.78 is 1.83. The zero-order chi connectivity index (χ0) is 8.55. The van der Waals surface area contributed by atoms with Crippen LogP contribution in [0.25, 0.3) is 11.4 Å². The van der Waals surface area contributed by atoms with Crippen LogP contribution >= 0.6 is 0 Å². The van der Waals surface area contributed by atoms with Crippen LogP contribution in [0.4, 0.5) is 0 Å². The van der Waals surface area contributed by atoms with Crippen LogP contribution in [0.2, 0.25) is 0 Å². The maximum atomic E-state index is 4.15. The van der Waals surface area contributed by atoms with Crippen molar-refractivity contribution in [2.75, 3.05) is 0 Å². The second-order valence-electron chi connectivity index (χ2n) is 2.71. The van der Waals surface area contributed by atoms with Gasteiger partial charge >= 0.3 is 0 Å². The summed E-state index contributed by atoms with van der Waals surface area (Å²) in [4.78, 5) is 7.19. The third-order valence-electron chi connectivity index (χ3n) is 1.99. The molecule has 0 unspecified atom stereocenters. The van der Waals surface area contributed by atoms with Gasteiger partial charge in [-0.25, -0.2) is 4.98 Å². The molecule has 0 atom stereocenters. The summed E-state index contributed by atoms with van der Waals surface area (Å²) in [6.07, 6.45) is 5.36. The number of rotatable bonds is 1. The van der Waals surface area contributed by atoms with Crippen molar-refractivity contribution in [3.63, 3.8) is 0 Å². The molecular weight excluding hydrogens is 152 g/mol. The highest BCUT2D eigenvalue weighted by atomic mass is 15.3. The largest absolute Gasteiger partial charge is 0.345 e. The summed E-state index contributed by atoms with van der Waals surface area (Å²) in [5, 5.41) is 4.13. The highest BCUT2D eigenvalue weighted by Gasteiger charge is 2.06. The molecule has 4 heteroatoms. The molecule has 0 saturated heterocycles. The molecule has 0 fully saturated rings. The van der Waals surface area contributed by atoms with E-state index in [4.69, 9.17) is 0 Å². The lowest BCUT2D eigenvalue weighted by molar-refractivity contribution is 0.740. The summed E-state index contributed by atoms with van der Waals surface area (Å²) in [6.45, 7) is 2.02. The van der Waals surface area contributed by atoms with Crippen LogP contribution in [0.15, 0.2) is 18.6 Å². The van der Waals surface area contributed by atoms with Crippen molar-refractivity contribution < 1.29 is 0 Å². The predicted molar refractivity (Wildman–Crippen MR) is 45.5 cm³/mol. The summed E-state index contributed by atoms with van der Waals surface area (Å²) in [5.41, 5.74) is 2.17. The second-order valence-corrected chi connectivity index (χ2v) is 2.71. The molecule has 2 aromatic heterocycles. The summed E-state index contributed by atoms with van der Waals surface area (Å²) >= 11 is 0. The molecular formula is C8H10N4. The fourth-order valence-corrected chi connectivity index (χ4v) is 1.14. The van der Waals surface area contributed by atoms with Crippen LogP contribution in [0.3, 0.4) is 0 Å². The van der Waals surface area contributed by atoms with Crippen LogP contribution in [-0.2, 0) is 7.05 Å². The topological polar surface area (TPSA) is 46.5 Å². The molecule has 1 N–H and O–H groups in total. The highest BCUT2D eigenvalue weighted by molar-refractivity contribution is 5.56. The summed E-state index contributed by atoms with van der Waals surface area (Å²) in [6, 6.07) is 0. The minimum atomic E-state index is 0.876. The fourth-order valence-electron chi connectivity index (χ4n) is 1.14. The molecule has 4 nitrogen and oxygen atoms in total. The van der Waals surface area contributed by atoms with Crippen molar-refractivity contribution in [3.8, 4) is 11.4 Å². The van der Waals surface area contributed by atoms with E-state index in [2.05, 4.69) is 15.1 Å². The average molecular weight is 162 g/mol. The number of aryl methyl sites for hydroxylation is 1. The lowest BCUT2D eigenvalue weighted by Crippen LogP contribution is -1.92. The van der Waals surface area contributed by atoms with E-state index < -0.39 is 0 Å². The Labute approximate surface area is 70.3 Å². The van der Waals surface area contributed by atoms with Gasteiger partial charge in [-0.15, -0.1) is 0 Å². The van der Waals surface area contributed by atoms with Gasteiger partial charge in [-0.1, -0.05) is 0 Å². The van der Waals surface area contributed by atoms with E-state index in [1.807, 2.05) is 31.0 Å². The van der Waals surface area contributed by atoms with Gasteiger partial charge in [0, 0.05) is 25.1 Å². The van der Waals surface area contributed by atoms with Crippen LogP contribution in [0, 0.1) is 6.92 Å². The van der Waals surface area contributed by atoms with E-state index in [-0.39, 0.29) is 0 Å². The number of aromatic amines is 1. The number of H-pyrrole nitrogens is 1. The Bertz CT molecular complexity index is 372. The minimum absolute atomic E-state index is 0.876. The van der Waals surface area contributed by atoms with Crippen molar-refractivity contribution in [1.29, 1.82) is 0 Å². The quantitative estimate of drug-likeness (QED) is 0.683. The number of nitrogens with zero attached hydrogens (tertiary/aromatic N) is 3. The standard InChI is InChI=1S/C8H10N4/c1-6-7(5-11-12(6)2)8-9-3-4-10-8/h3-5H,1-2H3,(H,9,10).